The molecule has 9 heavy (non-hydrogen) atoms. The predicted octanol–water partition coefficient (Wildman–Crippen LogP) is 0.722. The molecule has 0 spiro atoms. The number of hydrogen-bond donors (Lipinski definition) is 2. The van der Waals surface area contributed by atoms with Crippen LogP contribution in [0.2, 0.25) is 0 Å². The third-order valence-electron chi connectivity index (χ3n) is 1.31. The van der Waals surface area contributed by atoms with E-state index in [1.165, 1.54) is 0 Å². The number of nitrogens with one attached hydrogen (secondary N) is 1. The first-order valence-corrected chi connectivity index (χ1v) is 3.65. The molecule has 0 fully saturated rings. The maximum atomic E-state index is 5.66. The molecule has 56 valence electrons. The van der Waals surface area contributed by atoms with Gasteiger partial charge in [-0.1, -0.05) is 20.8 Å². The summed E-state index contributed by atoms with van der Waals surface area (Å²) in [6, 6.07) is 0.884. The molecular weight excluding hydrogens is 112 g/mol. The first-order valence-electron chi connectivity index (χ1n) is 3.65. The Hall–Kier alpha value is -0.0800. The van der Waals surface area contributed by atoms with Crippen molar-refractivity contribution < 1.29 is 0 Å². The highest BCUT2D eigenvalue weighted by Gasteiger charge is 1.97. The molecule has 0 saturated heterocycles. The van der Waals surface area contributed by atoms with Crippen LogP contribution in [0.3, 0.4) is 0 Å². The van der Waals surface area contributed by atoms with Crippen molar-refractivity contribution in [3.63, 3.8) is 0 Å². The van der Waals surface area contributed by atoms with E-state index in [0.29, 0.717) is 12.1 Å². The standard InChI is InChI=1S/C7H18N2/c1-4-7(8)5-9-6(2)3/h6-7,9H,4-5,8H2,1-3H3/t7-/m1/s1. The van der Waals surface area contributed by atoms with E-state index in [2.05, 4.69) is 26.1 Å². The van der Waals surface area contributed by atoms with Gasteiger partial charge in [0.15, 0.2) is 0 Å². The van der Waals surface area contributed by atoms with Gasteiger partial charge in [0, 0.05) is 18.6 Å². The molecule has 0 aromatic rings. The minimum atomic E-state index is 0.326. The van der Waals surface area contributed by atoms with Crippen molar-refractivity contribution in [3.05, 3.63) is 0 Å². The van der Waals surface area contributed by atoms with Crippen LogP contribution in [0.15, 0.2) is 0 Å². The Kier molecular flexibility index (Phi) is 4.72. The predicted molar refractivity (Wildman–Crippen MR) is 41.4 cm³/mol. The van der Waals surface area contributed by atoms with Gasteiger partial charge in [-0.3, -0.25) is 0 Å². The molecule has 0 aromatic heterocycles. The van der Waals surface area contributed by atoms with E-state index in [1.54, 1.807) is 0 Å². The highest BCUT2D eigenvalue weighted by Crippen LogP contribution is 1.84. The Balaban J connectivity index is 3.06. The van der Waals surface area contributed by atoms with Crippen LogP contribution < -0.4 is 11.1 Å². The van der Waals surface area contributed by atoms with Crippen LogP contribution in [-0.2, 0) is 0 Å². The maximum absolute atomic E-state index is 5.66. The quantitative estimate of drug-likeness (QED) is 0.588. The van der Waals surface area contributed by atoms with Crippen molar-refractivity contribution in [2.75, 3.05) is 6.54 Å². The zero-order valence-corrected chi connectivity index (χ0v) is 6.65. The average molecular weight is 130 g/mol. The third kappa shape index (κ3) is 5.80. The molecule has 0 aliphatic rings. The molecule has 1 atom stereocenters. The second-order valence-corrected chi connectivity index (χ2v) is 2.73. The summed E-state index contributed by atoms with van der Waals surface area (Å²) in [6.07, 6.45) is 1.06. The molecule has 0 rings (SSSR count). The van der Waals surface area contributed by atoms with Crippen LogP contribution in [0.5, 0.6) is 0 Å². The van der Waals surface area contributed by atoms with Crippen LogP contribution in [0.1, 0.15) is 27.2 Å². The molecule has 0 heterocycles. The van der Waals surface area contributed by atoms with Gasteiger partial charge in [-0.05, 0) is 6.42 Å². The zero-order valence-electron chi connectivity index (χ0n) is 6.65. The van der Waals surface area contributed by atoms with E-state index < -0.39 is 0 Å². The summed E-state index contributed by atoms with van der Waals surface area (Å²) in [4.78, 5) is 0. The SMILES string of the molecule is CC[C@@H](N)CNC(C)C. The van der Waals surface area contributed by atoms with Crippen molar-refractivity contribution in [3.8, 4) is 0 Å². The molecule has 0 bridgehead atoms. The summed E-state index contributed by atoms with van der Waals surface area (Å²) < 4.78 is 0. The molecule has 0 aliphatic carbocycles. The highest BCUT2D eigenvalue weighted by molar-refractivity contribution is 4.63. The zero-order chi connectivity index (χ0) is 7.28. The highest BCUT2D eigenvalue weighted by atomic mass is 14.9. The molecule has 0 aliphatic heterocycles. The second kappa shape index (κ2) is 4.77. The Bertz CT molecular complexity index is 61.9. The Morgan fingerprint density at radius 2 is 2.00 bits per heavy atom. The van der Waals surface area contributed by atoms with E-state index >= 15 is 0 Å². The van der Waals surface area contributed by atoms with Gasteiger partial charge in [-0.2, -0.15) is 0 Å². The summed E-state index contributed by atoms with van der Waals surface area (Å²) in [7, 11) is 0. The maximum Gasteiger partial charge on any atom is 0.0162 e. The smallest absolute Gasteiger partial charge is 0.0162 e. The lowest BCUT2D eigenvalue weighted by atomic mass is 10.2. The van der Waals surface area contributed by atoms with E-state index in [4.69, 9.17) is 5.73 Å². The molecular formula is C7H18N2. The Morgan fingerprint density at radius 1 is 1.44 bits per heavy atom. The van der Waals surface area contributed by atoms with Crippen molar-refractivity contribution in [2.45, 2.75) is 39.3 Å². The molecule has 3 N–H and O–H groups in total. The second-order valence-electron chi connectivity index (χ2n) is 2.73. The lowest BCUT2D eigenvalue weighted by molar-refractivity contribution is 0.517. The van der Waals surface area contributed by atoms with E-state index in [-0.39, 0.29) is 0 Å². The van der Waals surface area contributed by atoms with Crippen LogP contribution in [-0.4, -0.2) is 18.6 Å². The average Bonchev–Trinajstić information content (AvgIpc) is 1.83. The first-order chi connectivity index (χ1) is 4.16. The fraction of sp³-hybridized carbons (Fsp3) is 1.00. The van der Waals surface area contributed by atoms with E-state index in [1.807, 2.05) is 0 Å². The monoisotopic (exact) mass is 130 g/mol. The molecule has 2 heteroatoms. The van der Waals surface area contributed by atoms with Crippen LogP contribution in [0.4, 0.5) is 0 Å². The van der Waals surface area contributed by atoms with Crippen molar-refractivity contribution in [1.82, 2.24) is 5.32 Å². The summed E-state index contributed by atoms with van der Waals surface area (Å²) in [5, 5.41) is 3.27. The van der Waals surface area contributed by atoms with E-state index in [9.17, 15) is 0 Å². The Labute approximate surface area is 57.8 Å². The van der Waals surface area contributed by atoms with Gasteiger partial charge in [-0.25, -0.2) is 0 Å². The van der Waals surface area contributed by atoms with Gasteiger partial charge >= 0.3 is 0 Å². The van der Waals surface area contributed by atoms with Crippen LogP contribution >= 0.6 is 0 Å². The molecule has 0 unspecified atom stereocenters. The van der Waals surface area contributed by atoms with Gasteiger partial charge in [0.2, 0.25) is 0 Å². The topological polar surface area (TPSA) is 38.0 Å². The number of rotatable bonds is 4. The van der Waals surface area contributed by atoms with Crippen molar-refractivity contribution in [2.24, 2.45) is 5.73 Å². The van der Waals surface area contributed by atoms with Gasteiger partial charge < -0.3 is 11.1 Å². The minimum absolute atomic E-state index is 0.326. The molecule has 0 saturated carbocycles. The molecule has 2 nitrogen and oxygen atoms in total. The summed E-state index contributed by atoms with van der Waals surface area (Å²) in [5.41, 5.74) is 5.66. The lowest BCUT2D eigenvalue weighted by Gasteiger charge is -2.12. The fourth-order valence-corrected chi connectivity index (χ4v) is 0.531. The number of hydrogen-bond acceptors (Lipinski definition) is 2. The normalized spacial score (nSPS) is 14.3. The van der Waals surface area contributed by atoms with Crippen molar-refractivity contribution >= 4 is 0 Å². The van der Waals surface area contributed by atoms with E-state index in [0.717, 1.165) is 13.0 Å². The van der Waals surface area contributed by atoms with Gasteiger partial charge in [0.05, 0.1) is 0 Å². The molecule has 0 radical (unpaired) electrons. The van der Waals surface area contributed by atoms with Crippen molar-refractivity contribution in [1.29, 1.82) is 0 Å². The molecule has 0 amide bonds. The largest absolute Gasteiger partial charge is 0.327 e. The van der Waals surface area contributed by atoms with Crippen LogP contribution in [0.25, 0.3) is 0 Å². The summed E-state index contributed by atoms with van der Waals surface area (Å²) in [5.74, 6) is 0. The van der Waals surface area contributed by atoms with Gasteiger partial charge in [-0.15, -0.1) is 0 Å². The molecule has 0 aromatic carbocycles. The van der Waals surface area contributed by atoms with Crippen LogP contribution in [0, 0.1) is 0 Å². The lowest BCUT2D eigenvalue weighted by Crippen LogP contribution is -2.36. The van der Waals surface area contributed by atoms with Gasteiger partial charge in [0.25, 0.3) is 0 Å². The number of nitrogens with two attached hydrogens (primary N) is 1. The minimum Gasteiger partial charge on any atom is -0.327 e. The Morgan fingerprint density at radius 3 is 2.33 bits per heavy atom. The fourth-order valence-electron chi connectivity index (χ4n) is 0.531. The summed E-state index contributed by atoms with van der Waals surface area (Å²) >= 11 is 0. The third-order valence-corrected chi connectivity index (χ3v) is 1.31. The summed E-state index contributed by atoms with van der Waals surface area (Å²) in [6.45, 7) is 7.30. The first kappa shape index (κ1) is 8.92. The van der Waals surface area contributed by atoms with Gasteiger partial charge in [0.1, 0.15) is 0 Å².